The lowest BCUT2D eigenvalue weighted by Gasteiger charge is -2.36. The molecule has 9 heteroatoms. The Hall–Kier alpha value is -1.46. The number of aromatic nitrogens is 2. The van der Waals surface area contributed by atoms with Crippen molar-refractivity contribution in [1.82, 2.24) is 19.6 Å². The summed E-state index contributed by atoms with van der Waals surface area (Å²) >= 11 is 1.50. The van der Waals surface area contributed by atoms with Crippen LogP contribution in [0.15, 0.2) is 29.3 Å². The van der Waals surface area contributed by atoms with Gasteiger partial charge in [0.15, 0.2) is 5.96 Å². The van der Waals surface area contributed by atoms with Gasteiger partial charge in [0, 0.05) is 64.8 Å². The molecule has 1 aliphatic rings. The van der Waals surface area contributed by atoms with Crippen LogP contribution >= 0.6 is 35.5 Å². The molecule has 0 bridgehead atoms. The number of methoxy groups -OCH3 is 1. The summed E-state index contributed by atoms with van der Waals surface area (Å²) < 4.78 is 9.55. The first-order valence-corrected chi connectivity index (χ1v) is 10.1. The van der Waals surface area contributed by atoms with E-state index in [0.29, 0.717) is 6.61 Å². The fourth-order valence-electron chi connectivity index (χ4n) is 3.06. The maximum Gasteiger partial charge on any atom is 0.205 e. The maximum atomic E-state index is 5.16. The zero-order chi connectivity index (χ0) is 19.1. The monoisotopic (exact) mass is 516 g/mol. The van der Waals surface area contributed by atoms with Crippen molar-refractivity contribution in [2.75, 3.05) is 45.2 Å². The molecule has 1 aromatic heterocycles. The Morgan fingerprint density at radius 2 is 1.86 bits per heavy atom. The zero-order valence-electron chi connectivity index (χ0n) is 16.7. The average Bonchev–Trinajstić information content (AvgIpc) is 3.20. The third kappa shape index (κ3) is 6.02. The van der Waals surface area contributed by atoms with Crippen LogP contribution in [0.25, 0.3) is 0 Å². The molecule has 0 atom stereocenters. The van der Waals surface area contributed by atoms with Crippen molar-refractivity contribution < 1.29 is 4.74 Å². The van der Waals surface area contributed by atoms with Crippen molar-refractivity contribution in [3.05, 3.63) is 41.2 Å². The van der Waals surface area contributed by atoms with E-state index in [1.807, 2.05) is 7.05 Å². The van der Waals surface area contributed by atoms with E-state index >= 15 is 0 Å². The number of nitrogens with one attached hydrogen (secondary N) is 1. The molecule has 1 fully saturated rings. The summed E-state index contributed by atoms with van der Waals surface area (Å²) in [7, 11) is 3.56. The average molecular weight is 516 g/mol. The molecule has 154 valence electrons. The topological polar surface area (TPSA) is 65.9 Å². The number of guanidine groups is 1. The SMILES string of the molecule is CCc1nsc(N2CCN(C(=NC)NCc3ccc(COC)cc3)CC2)n1.I. The number of aliphatic imine (C=N–C) groups is 1. The standard InChI is InChI=1S/C19H28N6OS.HI/c1-4-17-22-19(27-23-17)25-11-9-24(10-12-25)18(20-2)21-13-15-5-7-16(8-6-15)14-26-3;/h5-8H,4,9-14H2,1-3H3,(H,20,21);1H. The highest BCUT2D eigenvalue weighted by Gasteiger charge is 2.21. The van der Waals surface area contributed by atoms with Crippen LogP contribution in [0, 0.1) is 0 Å². The molecule has 0 saturated carbocycles. The predicted octanol–water partition coefficient (Wildman–Crippen LogP) is 2.76. The van der Waals surface area contributed by atoms with Gasteiger partial charge in [0.1, 0.15) is 5.82 Å². The molecule has 7 nitrogen and oxygen atoms in total. The third-order valence-electron chi connectivity index (χ3n) is 4.62. The van der Waals surface area contributed by atoms with Crippen molar-refractivity contribution in [3.63, 3.8) is 0 Å². The van der Waals surface area contributed by atoms with Gasteiger partial charge in [-0.2, -0.15) is 4.37 Å². The Morgan fingerprint density at radius 1 is 1.18 bits per heavy atom. The van der Waals surface area contributed by atoms with E-state index in [2.05, 4.69) is 60.7 Å². The van der Waals surface area contributed by atoms with Crippen LogP contribution in [0.4, 0.5) is 5.13 Å². The first-order chi connectivity index (χ1) is 13.2. The van der Waals surface area contributed by atoms with Gasteiger partial charge < -0.3 is 19.9 Å². The van der Waals surface area contributed by atoms with E-state index in [1.165, 1.54) is 22.7 Å². The van der Waals surface area contributed by atoms with Gasteiger partial charge in [-0.25, -0.2) is 4.98 Å². The minimum absolute atomic E-state index is 0. The molecular weight excluding hydrogens is 487 g/mol. The summed E-state index contributed by atoms with van der Waals surface area (Å²) in [5.41, 5.74) is 2.42. The Morgan fingerprint density at radius 3 is 2.43 bits per heavy atom. The summed E-state index contributed by atoms with van der Waals surface area (Å²) in [4.78, 5) is 13.7. The zero-order valence-corrected chi connectivity index (χ0v) is 19.9. The highest BCUT2D eigenvalue weighted by molar-refractivity contribution is 14.0. The molecule has 1 saturated heterocycles. The number of ether oxygens (including phenoxy) is 1. The predicted molar refractivity (Wildman–Crippen MR) is 126 cm³/mol. The highest BCUT2D eigenvalue weighted by Crippen LogP contribution is 2.19. The van der Waals surface area contributed by atoms with E-state index in [-0.39, 0.29) is 24.0 Å². The summed E-state index contributed by atoms with van der Waals surface area (Å²) in [5, 5.41) is 4.51. The third-order valence-corrected chi connectivity index (χ3v) is 5.43. The van der Waals surface area contributed by atoms with Crippen molar-refractivity contribution in [2.24, 2.45) is 4.99 Å². The number of nitrogens with zero attached hydrogens (tertiary/aromatic N) is 5. The smallest absolute Gasteiger partial charge is 0.205 e. The van der Waals surface area contributed by atoms with Crippen LogP contribution in [0.5, 0.6) is 0 Å². The normalized spacial score (nSPS) is 14.8. The second-order valence-corrected chi connectivity index (χ2v) is 7.20. The van der Waals surface area contributed by atoms with Gasteiger partial charge in [-0.3, -0.25) is 4.99 Å². The molecule has 2 heterocycles. The van der Waals surface area contributed by atoms with Crippen LogP contribution in [0.1, 0.15) is 23.9 Å². The minimum Gasteiger partial charge on any atom is -0.380 e. The number of halogens is 1. The number of piperazine rings is 1. The molecule has 0 aliphatic carbocycles. The molecule has 1 aliphatic heterocycles. The summed E-state index contributed by atoms with van der Waals surface area (Å²) in [5.74, 6) is 1.88. The number of hydrogen-bond acceptors (Lipinski definition) is 6. The number of anilines is 1. The van der Waals surface area contributed by atoms with Crippen LogP contribution in [0.3, 0.4) is 0 Å². The van der Waals surface area contributed by atoms with E-state index in [0.717, 1.165) is 56.1 Å². The van der Waals surface area contributed by atoms with E-state index in [9.17, 15) is 0 Å². The van der Waals surface area contributed by atoms with Crippen molar-refractivity contribution >= 4 is 46.6 Å². The van der Waals surface area contributed by atoms with E-state index < -0.39 is 0 Å². The Bertz CT molecular complexity index is 743. The Balaban J connectivity index is 0.00000280. The van der Waals surface area contributed by atoms with Crippen LogP contribution in [0.2, 0.25) is 0 Å². The van der Waals surface area contributed by atoms with Crippen molar-refractivity contribution in [2.45, 2.75) is 26.5 Å². The van der Waals surface area contributed by atoms with Crippen LogP contribution in [-0.4, -0.2) is 60.6 Å². The summed E-state index contributed by atoms with van der Waals surface area (Å²) in [6, 6.07) is 8.48. The summed E-state index contributed by atoms with van der Waals surface area (Å²) in [6.07, 6.45) is 0.888. The second kappa shape index (κ2) is 11.5. The number of hydrogen-bond donors (Lipinski definition) is 1. The molecule has 0 unspecified atom stereocenters. The molecule has 2 aromatic rings. The molecule has 28 heavy (non-hydrogen) atoms. The van der Waals surface area contributed by atoms with Gasteiger partial charge in [0.2, 0.25) is 5.13 Å². The first-order valence-electron chi connectivity index (χ1n) is 9.33. The van der Waals surface area contributed by atoms with Crippen LogP contribution < -0.4 is 10.2 Å². The van der Waals surface area contributed by atoms with E-state index in [4.69, 9.17) is 4.74 Å². The first kappa shape index (κ1) is 22.8. The van der Waals surface area contributed by atoms with Gasteiger partial charge in [-0.1, -0.05) is 31.2 Å². The lowest BCUT2D eigenvalue weighted by molar-refractivity contribution is 0.185. The quantitative estimate of drug-likeness (QED) is 0.362. The molecule has 1 N–H and O–H groups in total. The van der Waals surface area contributed by atoms with Gasteiger partial charge in [0.25, 0.3) is 0 Å². The number of rotatable bonds is 6. The maximum absolute atomic E-state index is 5.16. The van der Waals surface area contributed by atoms with Gasteiger partial charge in [0.05, 0.1) is 6.61 Å². The molecule has 3 rings (SSSR count). The molecule has 0 radical (unpaired) electrons. The number of aryl methyl sites for hydroxylation is 1. The highest BCUT2D eigenvalue weighted by atomic mass is 127. The fraction of sp³-hybridized carbons (Fsp3) is 0.526. The summed E-state index contributed by atoms with van der Waals surface area (Å²) in [6.45, 7) is 7.21. The van der Waals surface area contributed by atoms with Gasteiger partial charge in [-0.15, -0.1) is 24.0 Å². The van der Waals surface area contributed by atoms with Crippen molar-refractivity contribution in [3.8, 4) is 0 Å². The largest absolute Gasteiger partial charge is 0.380 e. The Kier molecular flexibility index (Phi) is 9.39. The second-order valence-electron chi connectivity index (χ2n) is 6.47. The minimum atomic E-state index is 0. The van der Waals surface area contributed by atoms with Gasteiger partial charge >= 0.3 is 0 Å². The molecule has 0 spiro atoms. The lowest BCUT2D eigenvalue weighted by atomic mass is 10.1. The lowest BCUT2D eigenvalue weighted by Crippen LogP contribution is -2.52. The van der Waals surface area contributed by atoms with E-state index in [1.54, 1.807) is 7.11 Å². The fourth-order valence-corrected chi connectivity index (χ4v) is 3.86. The molecule has 1 aromatic carbocycles. The number of benzene rings is 1. The van der Waals surface area contributed by atoms with Crippen LogP contribution in [-0.2, 0) is 24.3 Å². The Labute approximate surface area is 188 Å². The molecular formula is C19H29IN6OS. The van der Waals surface area contributed by atoms with Gasteiger partial charge in [-0.05, 0) is 11.1 Å². The molecule has 0 amide bonds. The van der Waals surface area contributed by atoms with Crippen molar-refractivity contribution in [1.29, 1.82) is 0 Å².